The van der Waals surface area contributed by atoms with Gasteiger partial charge in [-0.2, -0.15) is 0 Å². The van der Waals surface area contributed by atoms with Gasteiger partial charge < -0.3 is 23.8 Å². The highest BCUT2D eigenvalue weighted by molar-refractivity contribution is 7.71. The van der Waals surface area contributed by atoms with E-state index >= 15 is 0 Å². The second-order valence-electron chi connectivity index (χ2n) is 4.92. The van der Waals surface area contributed by atoms with E-state index in [4.69, 9.17) is 26.1 Å². The monoisotopic (exact) mass is 308 g/mol. The maximum Gasteiger partial charge on any atom is 0.266 e. The molecule has 2 heterocycles. The van der Waals surface area contributed by atoms with E-state index in [0.29, 0.717) is 42.3 Å². The molecule has 0 spiro atoms. The number of nitrogens with one attached hydrogen (secondary N) is 1. The first-order valence-corrected chi connectivity index (χ1v) is 7.11. The Labute approximate surface area is 126 Å². The number of aromatic nitrogens is 1. The van der Waals surface area contributed by atoms with Crippen LogP contribution in [-0.4, -0.2) is 55.3 Å². The molecule has 1 aliphatic heterocycles. The number of morpholine rings is 1. The molecular formula is C14H16N2O4S. The summed E-state index contributed by atoms with van der Waals surface area (Å²) in [5.74, 6) is -0.0383. The fourth-order valence-electron chi connectivity index (χ4n) is 2.45. The quantitative estimate of drug-likeness (QED) is 0.878. The second kappa shape index (κ2) is 5.97. The lowest BCUT2D eigenvalue weighted by molar-refractivity contribution is -0.0531. The molecule has 0 aliphatic carbocycles. The van der Waals surface area contributed by atoms with E-state index in [-0.39, 0.29) is 12.0 Å². The molecule has 3 rings (SSSR count). The van der Waals surface area contributed by atoms with Gasteiger partial charge in [0.05, 0.1) is 24.8 Å². The Morgan fingerprint density at radius 1 is 1.57 bits per heavy atom. The van der Waals surface area contributed by atoms with Crippen LogP contribution in [0.15, 0.2) is 22.6 Å². The van der Waals surface area contributed by atoms with Crippen LogP contribution in [0.25, 0.3) is 11.1 Å². The number of oxazole rings is 1. The van der Waals surface area contributed by atoms with Crippen LogP contribution in [0, 0.1) is 4.84 Å². The Kier molecular flexibility index (Phi) is 4.05. The van der Waals surface area contributed by atoms with E-state index in [0.717, 1.165) is 5.52 Å². The van der Waals surface area contributed by atoms with Gasteiger partial charge in [0.1, 0.15) is 0 Å². The van der Waals surface area contributed by atoms with Gasteiger partial charge in [0, 0.05) is 25.8 Å². The highest BCUT2D eigenvalue weighted by Gasteiger charge is 2.25. The van der Waals surface area contributed by atoms with E-state index in [9.17, 15) is 4.79 Å². The van der Waals surface area contributed by atoms with Crippen LogP contribution in [0.4, 0.5) is 0 Å². The number of hydrogen-bond donors (Lipinski definition) is 1. The van der Waals surface area contributed by atoms with Gasteiger partial charge in [-0.3, -0.25) is 4.79 Å². The number of benzene rings is 1. The van der Waals surface area contributed by atoms with Crippen LogP contribution in [-0.2, 0) is 9.47 Å². The maximum atomic E-state index is 12.6. The van der Waals surface area contributed by atoms with Gasteiger partial charge in [0.15, 0.2) is 5.58 Å². The third-order valence-corrected chi connectivity index (χ3v) is 3.63. The van der Waals surface area contributed by atoms with Gasteiger partial charge in [-0.25, -0.2) is 0 Å². The predicted molar refractivity (Wildman–Crippen MR) is 78.9 cm³/mol. The van der Waals surface area contributed by atoms with Crippen molar-refractivity contribution in [2.75, 3.05) is 33.4 Å². The van der Waals surface area contributed by atoms with Crippen LogP contribution in [0.5, 0.6) is 0 Å². The van der Waals surface area contributed by atoms with Crippen molar-refractivity contribution in [1.29, 1.82) is 0 Å². The number of aromatic amines is 1. The normalized spacial score (nSPS) is 19.1. The predicted octanol–water partition coefficient (Wildman–Crippen LogP) is 1.98. The van der Waals surface area contributed by atoms with Crippen molar-refractivity contribution in [2.45, 2.75) is 6.10 Å². The van der Waals surface area contributed by atoms with Crippen molar-refractivity contribution < 1.29 is 18.7 Å². The summed E-state index contributed by atoms with van der Waals surface area (Å²) in [5.41, 5.74) is 1.96. The number of hydrogen-bond acceptors (Lipinski definition) is 5. The standard InChI is InChI=1S/C14H16N2O4S/c1-18-8-10-7-16(4-5-19-10)13(17)9-2-3-11-12(6-9)20-14(21)15-11/h2-3,6,10H,4-5,7-8H2,1H3,(H,15,21)/t10-/m0/s1. The summed E-state index contributed by atoms with van der Waals surface area (Å²) in [5, 5.41) is 0. The Morgan fingerprint density at radius 3 is 3.24 bits per heavy atom. The van der Waals surface area contributed by atoms with Crippen LogP contribution in [0.1, 0.15) is 10.4 Å². The van der Waals surface area contributed by atoms with Gasteiger partial charge in [0.2, 0.25) is 0 Å². The zero-order chi connectivity index (χ0) is 14.8. The Morgan fingerprint density at radius 2 is 2.43 bits per heavy atom. The minimum Gasteiger partial charge on any atom is -0.429 e. The van der Waals surface area contributed by atoms with E-state index < -0.39 is 0 Å². The molecule has 0 unspecified atom stereocenters. The summed E-state index contributed by atoms with van der Waals surface area (Å²) < 4.78 is 16.0. The zero-order valence-corrected chi connectivity index (χ0v) is 12.4. The number of methoxy groups -OCH3 is 1. The van der Waals surface area contributed by atoms with E-state index in [2.05, 4.69) is 4.98 Å². The van der Waals surface area contributed by atoms with Gasteiger partial charge in [-0.1, -0.05) is 0 Å². The molecule has 1 aromatic carbocycles. The lowest BCUT2D eigenvalue weighted by atomic mass is 10.1. The van der Waals surface area contributed by atoms with Gasteiger partial charge in [-0.05, 0) is 30.4 Å². The second-order valence-corrected chi connectivity index (χ2v) is 5.30. The third-order valence-electron chi connectivity index (χ3n) is 3.45. The summed E-state index contributed by atoms with van der Waals surface area (Å²) in [4.78, 5) is 17.5. The molecule has 1 aromatic heterocycles. The van der Waals surface area contributed by atoms with Gasteiger partial charge in [0.25, 0.3) is 10.7 Å². The molecule has 21 heavy (non-hydrogen) atoms. The molecule has 112 valence electrons. The smallest absolute Gasteiger partial charge is 0.266 e. The van der Waals surface area contributed by atoms with Crippen LogP contribution >= 0.6 is 12.2 Å². The van der Waals surface area contributed by atoms with Crippen molar-refractivity contribution in [1.82, 2.24) is 9.88 Å². The van der Waals surface area contributed by atoms with Crippen molar-refractivity contribution >= 4 is 29.2 Å². The van der Waals surface area contributed by atoms with E-state index in [1.807, 2.05) is 0 Å². The first-order chi connectivity index (χ1) is 10.2. The highest BCUT2D eigenvalue weighted by atomic mass is 32.1. The minimum absolute atomic E-state index is 0.0383. The third kappa shape index (κ3) is 2.99. The van der Waals surface area contributed by atoms with E-state index in [1.54, 1.807) is 30.2 Å². The molecular weight excluding hydrogens is 292 g/mol. The molecule has 1 aliphatic rings. The summed E-state index contributed by atoms with van der Waals surface area (Å²) in [6.45, 7) is 2.11. The maximum absolute atomic E-state index is 12.6. The fraction of sp³-hybridized carbons (Fsp3) is 0.429. The van der Waals surface area contributed by atoms with Gasteiger partial charge >= 0.3 is 0 Å². The molecule has 0 saturated carbocycles. The molecule has 1 saturated heterocycles. The summed E-state index contributed by atoms with van der Waals surface area (Å²) in [7, 11) is 1.62. The number of rotatable bonds is 3. The van der Waals surface area contributed by atoms with Gasteiger partial charge in [-0.15, -0.1) is 0 Å². The minimum atomic E-state index is -0.0763. The number of amides is 1. The van der Waals surface area contributed by atoms with Crippen molar-refractivity contribution in [3.8, 4) is 0 Å². The number of ether oxygens (including phenoxy) is 2. The highest BCUT2D eigenvalue weighted by Crippen LogP contribution is 2.18. The SMILES string of the molecule is COC[C@@H]1CN(C(=O)c2ccc3[nH]c(=S)oc3c2)CCO1. The summed E-state index contributed by atoms with van der Waals surface area (Å²) in [6, 6.07) is 5.28. The van der Waals surface area contributed by atoms with Crippen molar-refractivity contribution in [2.24, 2.45) is 0 Å². The molecule has 2 aromatic rings. The molecule has 6 nitrogen and oxygen atoms in total. The fourth-order valence-corrected chi connectivity index (χ4v) is 2.65. The van der Waals surface area contributed by atoms with E-state index in [1.165, 1.54) is 0 Å². The molecule has 0 bridgehead atoms. The first-order valence-electron chi connectivity index (χ1n) is 6.70. The van der Waals surface area contributed by atoms with Crippen molar-refractivity contribution in [3.05, 3.63) is 28.6 Å². The summed E-state index contributed by atoms with van der Waals surface area (Å²) >= 11 is 4.94. The largest absolute Gasteiger partial charge is 0.429 e. The molecule has 7 heteroatoms. The zero-order valence-electron chi connectivity index (χ0n) is 11.6. The Hall–Kier alpha value is -1.70. The molecule has 0 radical (unpaired) electrons. The number of carbonyl (C=O) groups is 1. The molecule has 1 fully saturated rings. The van der Waals surface area contributed by atoms with Crippen LogP contribution in [0.2, 0.25) is 0 Å². The molecule has 1 atom stereocenters. The van der Waals surface area contributed by atoms with Crippen LogP contribution < -0.4 is 0 Å². The Balaban J connectivity index is 1.80. The number of fused-ring (bicyclic) bond motifs is 1. The number of nitrogens with zero attached hydrogens (tertiary/aromatic N) is 1. The lowest BCUT2D eigenvalue weighted by Gasteiger charge is -2.32. The Bertz CT molecular complexity index is 706. The number of H-pyrrole nitrogens is 1. The average molecular weight is 308 g/mol. The lowest BCUT2D eigenvalue weighted by Crippen LogP contribution is -2.47. The molecule has 1 amide bonds. The summed E-state index contributed by atoms with van der Waals surface area (Å²) in [6.07, 6.45) is -0.0763. The molecule has 1 N–H and O–H groups in total. The number of carbonyl (C=O) groups excluding carboxylic acids is 1. The van der Waals surface area contributed by atoms with Crippen LogP contribution in [0.3, 0.4) is 0 Å². The topological polar surface area (TPSA) is 67.7 Å². The first kappa shape index (κ1) is 14.2. The van der Waals surface area contributed by atoms with Crippen molar-refractivity contribution in [3.63, 3.8) is 0 Å². The average Bonchev–Trinajstić information content (AvgIpc) is 2.86.